The third kappa shape index (κ3) is 1.03. The second-order valence-corrected chi connectivity index (χ2v) is 2.90. The zero-order chi connectivity index (χ0) is 5.98. The van der Waals surface area contributed by atoms with Gasteiger partial charge in [0.1, 0.15) is 0 Å². The lowest BCUT2D eigenvalue weighted by Crippen LogP contribution is -2.25. The largest absolute Gasteiger partial charge is 0.330 e. The molecule has 0 heterocycles. The first-order valence-electron chi connectivity index (χ1n) is 3.54. The highest BCUT2D eigenvalue weighted by atomic mass is 14.6. The first-order chi connectivity index (χ1) is 3.84. The van der Waals surface area contributed by atoms with Crippen LogP contribution in [0.25, 0.3) is 0 Å². The molecule has 0 aromatic carbocycles. The van der Waals surface area contributed by atoms with E-state index >= 15 is 0 Å². The molecule has 1 aliphatic rings. The molecule has 1 aliphatic carbocycles. The molecule has 1 atom stereocenters. The quantitative estimate of drug-likeness (QED) is 0.575. The van der Waals surface area contributed by atoms with E-state index in [0.29, 0.717) is 0 Å². The molecule has 0 radical (unpaired) electrons. The van der Waals surface area contributed by atoms with Crippen LogP contribution < -0.4 is 5.73 Å². The second-order valence-electron chi connectivity index (χ2n) is 2.90. The van der Waals surface area contributed by atoms with Gasteiger partial charge in [-0.25, -0.2) is 0 Å². The smallest absolute Gasteiger partial charge is 0.00489 e. The van der Waals surface area contributed by atoms with Gasteiger partial charge in [-0.3, -0.25) is 0 Å². The number of hydrogen-bond acceptors (Lipinski definition) is 1. The Morgan fingerprint density at radius 3 is 2.38 bits per heavy atom. The maximum Gasteiger partial charge on any atom is -0.00489 e. The van der Waals surface area contributed by atoms with E-state index < -0.39 is 0 Å². The summed E-state index contributed by atoms with van der Waals surface area (Å²) in [6, 6.07) is 0. The van der Waals surface area contributed by atoms with Crippen LogP contribution in [0.3, 0.4) is 0 Å². The van der Waals surface area contributed by atoms with E-state index in [0.717, 1.165) is 18.4 Å². The van der Waals surface area contributed by atoms with Crippen LogP contribution in [0.15, 0.2) is 0 Å². The Hall–Kier alpha value is -0.0400. The Bertz CT molecular complexity index is 64.0. The molecular formula is C7H15N. The topological polar surface area (TPSA) is 26.0 Å². The molecule has 1 heteroatoms. The van der Waals surface area contributed by atoms with Crippen molar-refractivity contribution >= 4 is 0 Å². The fraction of sp³-hybridized carbons (Fsp3) is 1.00. The van der Waals surface area contributed by atoms with Gasteiger partial charge >= 0.3 is 0 Å². The van der Waals surface area contributed by atoms with Crippen LogP contribution in [0.1, 0.15) is 26.2 Å². The highest BCUT2D eigenvalue weighted by molar-refractivity contribution is 4.74. The molecule has 0 amide bonds. The summed E-state index contributed by atoms with van der Waals surface area (Å²) in [6.45, 7) is 3.13. The van der Waals surface area contributed by atoms with E-state index in [1.165, 1.54) is 19.3 Å². The van der Waals surface area contributed by atoms with Crippen molar-refractivity contribution in [3.05, 3.63) is 0 Å². The lowest BCUT2D eigenvalue weighted by Gasteiger charge is -2.30. The summed E-state index contributed by atoms with van der Waals surface area (Å²) < 4.78 is 0. The van der Waals surface area contributed by atoms with Gasteiger partial charge < -0.3 is 5.73 Å². The predicted octanol–water partition coefficient (Wildman–Crippen LogP) is 1.38. The zero-order valence-electron chi connectivity index (χ0n) is 5.56. The summed E-state index contributed by atoms with van der Waals surface area (Å²) >= 11 is 0. The minimum atomic E-state index is 0.781. The minimum absolute atomic E-state index is 0.781. The minimum Gasteiger partial charge on any atom is -0.330 e. The van der Waals surface area contributed by atoms with Gasteiger partial charge in [0.05, 0.1) is 0 Å². The normalized spacial score (nSPS) is 24.8. The fourth-order valence-electron chi connectivity index (χ4n) is 1.20. The van der Waals surface area contributed by atoms with Gasteiger partial charge in [-0.1, -0.05) is 26.2 Å². The Kier molecular flexibility index (Phi) is 1.90. The van der Waals surface area contributed by atoms with E-state index in [-0.39, 0.29) is 0 Å². The SMILES string of the molecule is CC(CN)C1CCC1. The van der Waals surface area contributed by atoms with E-state index in [4.69, 9.17) is 5.73 Å². The van der Waals surface area contributed by atoms with Crippen molar-refractivity contribution in [1.82, 2.24) is 0 Å². The zero-order valence-corrected chi connectivity index (χ0v) is 5.56. The van der Waals surface area contributed by atoms with Gasteiger partial charge in [-0.05, 0) is 18.4 Å². The van der Waals surface area contributed by atoms with Crippen LogP contribution in [-0.2, 0) is 0 Å². The third-order valence-corrected chi connectivity index (χ3v) is 2.33. The van der Waals surface area contributed by atoms with Crippen molar-refractivity contribution in [2.24, 2.45) is 17.6 Å². The average Bonchev–Trinajstić information content (AvgIpc) is 1.62. The van der Waals surface area contributed by atoms with Gasteiger partial charge in [0.15, 0.2) is 0 Å². The molecule has 1 fully saturated rings. The van der Waals surface area contributed by atoms with Crippen LogP contribution in [0, 0.1) is 11.8 Å². The summed E-state index contributed by atoms with van der Waals surface area (Å²) in [5.74, 6) is 1.75. The van der Waals surface area contributed by atoms with Crippen LogP contribution in [0.4, 0.5) is 0 Å². The van der Waals surface area contributed by atoms with Crippen molar-refractivity contribution in [3.8, 4) is 0 Å². The lowest BCUT2D eigenvalue weighted by molar-refractivity contribution is 0.225. The van der Waals surface area contributed by atoms with Crippen molar-refractivity contribution in [2.75, 3.05) is 6.54 Å². The predicted molar refractivity (Wildman–Crippen MR) is 35.6 cm³/mol. The molecule has 0 spiro atoms. The summed E-state index contributed by atoms with van der Waals surface area (Å²) in [4.78, 5) is 0. The van der Waals surface area contributed by atoms with E-state index in [2.05, 4.69) is 6.92 Å². The summed E-state index contributed by atoms with van der Waals surface area (Å²) in [5.41, 5.74) is 5.48. The van der Waals surface area contributed by atoms with Crippen molar-refractivity contribution in [1.29, 1.82) is 0 Å². The van der Waals surface area contributed by atoms with Gasteiger partial charge in [-0.2, -0.15) is 0 Å². The van der Waals surface area contributed by atoms with Crippen molar-refractivity contribution in [2.45, 2.75) is 26.2 Å². The standard InChI is InChI=1S/C7H15N/c1-6(5-8)7-3-2-4-7/h6-7H,2-5,8H2,1H3. The Morgan fingerprint density at radius 2 is 2.25 bits per heavy atom. The molecule has 1 nitrogen and oxygen atoms in total. The molecule has 2 N–H and O–H groups in total. The molecule has 48 valence electrons. The highest BCUT2D eigenvalue weighted by Crippen LogP contribution is 2.32. The maximum absolute atomic E-state index is 5.48. The van der Waals surface area contributed by atoms with E-state index in [1.54, 1.807) is 0 Å². The Balaban J connectivity index is 2.13. The van der Waals surface area contributed by atoms with Crippen molar-refractivity contribution < 1.29 is 0 Å². The molecule has 0 bridgehead atoms. The van der Waals surface area contributed by atoms with Gasteiger partial charge in [0, 0.05) is 0 Å². The Labute approximate surface area is 51.3 Å². The van der Waals surface area contributed by atoms with Crippen LogP contribution in [0.2, 0.25) is 0 Å². The van der Waals surface area contributed by atoms with E-state index in [9.17, 15) is 0 Å². The van der Waals surface area contributed by atoms with E-state index in [1.807, 2.05) is 0 Å². The maximum atomic E-state index is 5.48. The van der Waals surface area contributed by atoms with Crippen LogP contribution in [-0.4, -0.2) is 6.54 Å². The number of rotatable bonds is 2. The molecule has 0 aromatic heterocycles. The van der Waals surface area contributed by atoms with Gasteiger partial charge in [0.25, 0.3) is 0 Å². The average molecular weight is 113 g/mol. The highest BCUT2D eigenvalue weighted by Gasteiger charge is 2.22. The monoisotopic (exact) mass is 113 g/mol. The molecule has 1 unspecified atom stereocenters. The fourth-order valence-corrected chi connectivity index (χ4v) is 1.20. The third-order valence-electron chi connectivity index (χ3n) is 2.33. The molecule has 0 aromatic rings. The first-order valence-corrected chi connectivity index (χ1v) is 3.54. The molecular weight excluding hydrogens is 98.1 g/mol. The second kappa shape index (κ2) is 2.49. The first kappa shape index (κ1) is 6.09. The molecule has 1 saturated carbocycles. The van der Waals surface area contributed by atoms with Crippen LogP contribution in [0.5, 0.6) is 0 Å². The summed E-state index contributed by atoms with van der Waals surface area (Å²) in [6.07, 6.45) is 4.30. The van der Waals surface area contributed by atoms with Crippen molar-refractivity contribution in [3.63, 3.8) is 0 Å². The number of nitrogens with two attached hydrogens (primary N) is 1. The molecule has 0 saturated heterocycles. The number of hydrogen-bond donors (Lipinski definition) is 1. The summed E-state index contributed by atoms with van der Waals surface area (Å²) in [7, 11) is 0. The van der Waals surface area contributed by atoms with Gasteiger partial charge in [0.2, 0.25) is 0 Å². The Morgan fingerprint density at radius 1 is 1.62 bits per heavy atom. The molecule has 0 aliphatic heterocycles. The lowest BCUT2D eigenvalue weighted by atomic mass is 9.77. The van der Waals surface area contributed by atoms with Crippen LogP contribution >= 0.6 is 0 Å². The molecule has 1 rings (SSSR count). The molecule has 8 heavy (non-hydrogen) atoms. The van der Waals surface area contributed by atoms with Gasteiger partial charge in [-0.15, -0.1) is 0 Å². The summed E-state index contributed by atoms with van der Waals surface area (Å²) in [5, 5.41) is 0.